The molecule has 4 nitrogen and oxygen atoms in total. The van der Waals surface area contributed by atoms with Gasteiger partial charge in [0.05, 0.1) is 7.11 Å². The number of aryl methyl sites for hydroxylation is 1. The quantitative estimate of drug-likeness (QED) is 0.770. The summed E-state index contributed by atoms with van der Waals surface area (Å²) in [5.41, 5.74) is 1.31. The summed E-state index contributed by atoms with van der Waals surface area (Å²) >= 11 is 0. The fraction of sp³-hybridized carbons (Fsp3) is 0.647. The Morgan fingerprint density at radius 1 is 1.10 bits per heavy atom. The summed E-state index contributed by atoms with van der Waals surface area (Å²) in [6.07, 6.45) is 2.23. The van der Waals surface area contributed by atoms with Gasteiger partial charge in [-0.1, -0.05) is 19.4 Å². The summed E-state index contributed by atoms with van der Waals surface area (Å²) in [7, 11) is 3.88. The van der Waals surface area contributed by atoms with Crippen LogP contribution in [0.1, 0.15) is 18.9 Å². The predicted octanol–water partition coefficient (Wildman–Crippen LogP) is 2.27. The highest BCUT2D eigenvalue weighted by Gasteiger charge is 2.13. The maximum atomic E-state index is 5.91. The number of rotatable bonds is 7. The normalized spacial score (nSPS) is 16.9. The van der Waals surface area contributed by atoms with Crippen molar-refractivity contribution < 1.29 is 9.47 Å². The molecule has 1 aliphatic rings. The lowest BCUT2D eigenvalue weighted by atomic mass is 10.1. The molecule has 0 amide bonds. The van der Waals surface area contributed by atoms with E-state index in [1.54, 1.807) is 7.11 Å². The third-order valence-corrected chi connectivity index (χ3v) is 4.03. The van der Waals surface area contributed by atoms with Crippen LogP contribution < -0.4 is 9.47 Å². The van der Waals surface area contributed by atoms with E-state index in [0.29, 0.717) is 6.61 Å². The van der Waals surface area contributed by atoms with Gasteiger partial charge in [0.25, 0.3) is 0 Å². The second-order valence-corrected chi connectivity index (χ2v) is 5.73. The molecule has 0 radical (unpaired) electrons. The molecule has 118 valence electrons. The maximum absolute atomic E-state index is 5.91. The smallest absolute Gasteiger partial charge is 0.161 e. The number of hydrogen-bond donors (Lipinski definition) is 0. The molecule has 1 fully saturated rings. The Kier molecular flexibility index (Phi) is 6.33. The van der Waals surface area contributed by atoms with Crippen molar-refractivity contribution in [1.82, 2.24) is 9.80 Å². The first-order valence-electron chi connectivity index (χ1n) is 7.93. The van der Waals surface area contributed by atoms with Gasteiger partial charge in [-0.15, -0.1) is 0 Å². The molecule has 0 aromatic heterocycles. The summed E-state index contributed by atoms with van der Waals surface area (Å²) < 4.78 is 11.4. The van der Waals surface area contributed by atoms with Crippen molar-refractivity contribution in [2.24, 2.45) is 0 Å². The van der Waals surface area contributed by atoms with Gasteiger partial charge in [-0.05, 0) is 31.2 Å². The highest BCUT2D eigenvalue weighted by Crippen LogP contribution is 2.28. The Labute approximate surface area is 128 Å². The number of nitrogens with zero attached hydrogens (tertiary/aromatic N) is 2. The topological polar surface area (TPSA) is 24.9 Å². The van der Waals surface area contributed by atoms with Crippen LogP contribution >= 0.6 is 0 Å². The van der Waals surface area contributed by atoms with E-state index >= 15 is 0 Å². The van der Waals surface area contributed by atoms with Crippen LogP contribution in [-0.2, 0) is 6.42 Å². The molecule has 0 aliphatic carbocycles. The summed E-state index contributed by atoms with van der Waals surface area (Å²) in [6, 6.07) is 6.26. The van der Waals surface area contributed by atoms with Gasteiger partial charge in [0, 0.05) is 32.7 Å². The Balaban J connectivity index is 1.82. The van der Waals surface area contributed by atoms with Gasteiger partial charge in [-0.2, -0.15) is 0 Å². The molecule has 0 unspecified atom stereocenters. The van der Waals surface area contributed by atoms with Crippen LogP contribution in [0.2, 0.25) is 0 Å². The van der Waals surface area contributed by atoms with E-state index < -0.39 is 0 Å². The monoisotopic (exact) mass is 292 g/mol. The number of benzene rings is 1. The van der Waals surface area contributed by atoms with Crippen molar-refractivity contribution >= 4 is 0 Å². The SMILES string of the molecule is CCCc1ccc(OCCN2CCN(C)CC2)c(OC)c1. The molecule has 1 aromatic rings. The molecular weight excluding hydrogens is 264 g/mol. The van der Waals surface area contributed by atoms with Crippen LogP contribution in [0.3, 0.4) is 0 Å². The van der Waals surface area contributed by atoms with E-state index in [1.165, 1.54) is 5.56 Å². The zero-order chi connectivity index (χ0) is 15.1. The van der Waals surface area contributed by atoms with Crippen LogP contribution in [0.4, 0.5) is 0 Å². The highest BCUT2D eigenvalue weighted by atomic mass is 16.5. The number of piperazine rings is 1. The molecule has 1 aromatic carbocycles. The molecule has 0 saturated carbocycles. The zero-order valence-electron chi connectivity index (χ0n) is 13.6. The molecule has 1 aliphatic heterocycles. The Bertz CT molecular complexity index is 429. The summed E-state index contributed by atoms with van der Waals surface area (Å²) in [6.45, 7) is 8.44. The molecule has 2 rings (SSSR count). The van der Waals surface area contributed by atoms with E-state index in [0.717, 1.165) is 57.1 Å². The number of methoxy groups -OCH3 is 1. The summed E-state index contributed by atoms with van der Waals surface area (Å²) in [5.74, 6) is 1.70. The minimum absolute atomic E-state index is 0.715. The van der Waals surface area contributed by atoms with E-state index in [2.05, 4.69) is 35.9 Å². The van der Waals surface area contributed by atoms with Crippen LogP contribution in [-0.4, -0.2) is 63.3 Å². The Morgan fingerprint density at radius 2 is 1.86 bits per heavy atom. The van der Waals surface area contributed by atoms with Gasteiger partial charge in [0.15, 0.2) is 11.5 Å². The van der Waals surface area contributed by atoms with E-state index in [4.69, 9.17) is 9.47 Å². The third kappa shape index (κ3) is 4.90. The van der Waals surface area contributed by atoms with Crippen molar-refractivity contribution in [3.63, 3.8) is 0 Å². The van der Waals surface area contributed by atoms with Gasteiger partial charge in [-0.25, -0.2) is 0 Å². The van der Waals surface area contributed by atoms with Crippen LogP contribution in [0.5, 0.6) is 11.5 Å². The first-order chi connectivity index (χ1) is 10.2. The Hall–Kier alpha value is -1.26. The van der Waals surface area contributed by atoms with Crippen molar-refractivity contribution in [1.29, 1.82) is 0 Å². The van der Waals surface area contributed by atoms with Gasteiger partial charge in [0.2, 0.25) is 0 Å². The van der Waals surface area contributed by atoms with E-state index in [1.807, 2.05) is 6.07 Å². The zero-order valence-corrected chi connectivity index (χ0v) is 13.6. The lowest BCUT2D eigenvalue weighted by molar-refractivity contribution is 0.133. The lowest BCUT2D eigenvalue weighted by Crippen LogP contribution is -2.45. The lowest BCUT2D eigenvalue weighted by Gasteiger charge is -2.32. The molecule has 1 saturated heterocycles. The van der Waals surface area contributed by atoms with Crippen molar-refractivity contribution in [3.8, 4) is 11.5 Å². The van der Waals surface area contributed by atoms with Crippen molar-refractivity contribution in [3.05, 3.63) is 23.8 Å². The van der Waals surface area contributed by atoms with Crippen LogP contribution in [0.15, 0.2) is 18.2 Å². The molecule has 0 N–H and O–H groups in total. The van der Waals surface area contributed by atoms with E-state index in [-0.39, 0.29) is 0 Å². The predicted molar refractivity (Wildman–Crippen MR) is 86.4 cm³/mol. The maximum Gasteiger partial charge on any atom is 0.161 e. The van der Waals surface area contributed by atoms with E-state index in [9.17, 15) is 0 Å². The van der Waals surface area contributed by atoms with Crippen LogP contribution in [0.25, 0.3) is 0 Å². The first kappa shape index (κ1) is 16.1. The fourth-order valence-corrected chi connectivity index (χ4v) is 2.63. The minimum atomic E-state index is 0.715. The second kappa shape index (κ2) is 8.25. The molecular formula is C17H28N2O2. The minimum Gasteiger partial charge on any atom is -0.493 e. The third-order valence-electron chi connectivity index (χ3n) is 4.03. The van der Waals surface area contributed by atoms with Gasteiger partial charge < -0.3 is 14.4 Å². The second-order valence-electron chi connectivity index (χ2n) is 5.73. The van der Waals surface area contributed by atoms with Gasteiger partial charge >= 0.3 is 0 Å². The number of ether oxygens (including phenoxy) is 2. The number of hydrogen-bond acceptors (Lipinski definition) is 4. The average Bonchev–Trinajstić information content (AvgIpc) is 2.50. The van der Waals surface area contributed by atoms with Gasteiger partial charge in [-0.3, -0.25) is 4.90 Å². The summed E-state index contributed by atoms with van der Waals surface area (Å²) in [5, 5.41) is 0. The largest absolute Gasteiger partial charge is 0.493 e. The average molecular weight is 292 g/mol. The van der Waals surface area contributed by atoms with Gasteiger partial charge in [0.1, 0.15) is 6.61 Å². The standard InChI is InChI=1S/C17H28N2O2/c1-4-5-15-6-7-16(17(14-15)20-3)21-13-12-19-10-8-18(2)9-11-19/h6-7,14H,4-5,8-13H2,1-3H3. The van der Waals surface area contributed by atoms with Crippen molar-refractivity contribution in [2.75, 3.05) is 53.5 Å². The fourth-order valence-electron chi connectivity index (χ4n) is 2.63. The first-order valence-corrected chi connectivity index (χ1v) is 7.93. The van der Waals surface area contributed by atoms with Crippen molar-refractivity contribution in [2.45, 2.75) is 19.8 Å². The molecule has 0 atom stereocenters. The summed E-state index contributed by atoms with van der Waals surface area (Å²) in [4.78, 5) is 4.82. The molecule has 4 heteroatoms. The van der Waals surface area contributed by atoms with Crippen LogP contribution in [0, 0.1) is 0 Å². The molecule has 21 heavy (non-hydrogen) atoms. The molecule has 0 bridgehead atoms. The number of likely N-dealkylation sites (N-methyl/N-ethyl adjacent to an activating group) is 1. The molecule has 0 spiro atoms. The Morgan fingerprint density at radius 3 is 2.52 bits per heavy atom. The molecule has 1 heterocycles. The highest BCUT2D eigenvalue weighted by molar-refractivity contribution is 5.43.